The maximum atomic E-state index is 10.8. The molecule has 0 aromatic rings. The fourth-order valence-corrected chi connectivity index (χ4v) is 0.704. The van der Waals surface area contributed by atoms with Crippen LogP contribution in [-0.4, -0.2) is 30.9 Å². The Labute approximate surface area is 59.0 Å². The Morgan fingerprint density at radius 2 is 2.60 bits per heavy atom. The van der Waals surface area contributed by atoms with Gasteiger partial charge in [-0.25, -0.2) is 4.79 Å². The fraction of sp³-hybridized carbons (Fsp3) is 0.500. The highest BCUT2D eigenvalue weighted by molar-refractivity contribution is 5.68. The number of ether oxygens (including phenoxy) is 2. The Hall–Kier alpha value is -1.03. The third-order valence-corrected chi connectivity index (χ3v) is 1.20. The summed E-state index contributed by atoms with van der Waals surface area (Å²) in [7, 11) is 0. The molecule has 4 heteroatoms. The minimum Gasteiger partial charge on any atom is -0.419 e. The number of hydrogen-bond donors (Lipinski definition) is 0. The van der Waals surface area contributed by atoms with Gasteiger partial charge in [-0.1, -0.05) is 6.58 Å². The molecule has 10 heavy (non-hydrogen) atoms. The van der Waals surface area contributed by atoms with Crippen molar-refractivity contribution in [3.8, 4) is 0 Å². The van der Waals surface area contributed by atoms with Gasteiger partial charge >= 0.3 is 6.09 Å². The zero-order valence-electron chi connectivity index (χ0n) is 5.58. The number of carbonyl (C=O) groups is 1. The molecule has 1 saturated heterocycles. The normalized spacial score (nSPS) is 17.0. The topological polar surface area (TPSA) is 38.8 Å². The molecular formula is C6H9NO3. The van der Waals surface area contributed by atoms with Crippen LogP contribution in [0.5, 0.6) is 0 Å². The van der Waals surface area contributed by atoms with Crippen LogP contribution < -0.4 is 0 Å². The summed E-state index contributed by atoms with van der Waals surface area (Å²) in [5.41, 5.74) is 0. The van der Waals surface area contributed by atoms with Gasteiger partial charge in [0.15, 0.2) is 0 Å². The van der Waals surface area contributed by atoms with E-state index in [1.54, 1.807) is 0 Å². The Kier molecular flexibility index (Phi) is 2.28. The minimum atomic E-state index is -0.396. The van der Waals surface area contributed by atoms with Gasteiger partial charge in [0.25, 0.3) is 0 Å². The van der Waals surface area contributed by atoms with Crippen LogP contribution >= 0.6 is 0 Å². The van der Waals surface area contributed by atoms with Gasteiger partial charge in [0.2, 0.25) is 0 Å². The first-order valence-corrected chi connectivity index (χ1v) is 2.99. The molecule has 56 valence electrons. The molecule has 1 aliphatic rings. The van der Waals surface area contributed by atoms with Gasteiger partial charge in [0, 0.05) is 6.54 Å². The van der Waals surface area contributed by atoms with E-state index in [0.717, 1.165) is 6.26 Å². The average Bonchev–Trinajstić information content (AvgIpc) is 2.38. The second-order valence-electron chi connectivity index (χ2n) is 1.85. The second-order valence-corrected chi connectivity index (χ2v) is 1.85. The number of hydrogen-bond acceptors (Lipinski definition) is 3. The van der Waals surface area contributed by atoms with Crippen molar-refractivity contribution in [2.45, 2.75) is 0 Å². The van der Waals surface area contributed by atoms with Crippen molar-refractivity contribution in [1.82, 2.24) is 4.90 Å². The predicted molar refractivity (Wildman–Crippen MR) is 34.2 cm³/mol. The summed E-state index contributed by atoms with van der Waals surface area (Å²) in [5.74, 6) is 0. The summed E-state index contributed by atoms with van der Waals surface area (Å²) in [5, 5.41) is 0. The van der Waals surface area contributed by atoms with Crippen LogP contribution in [-0.2, 0) is 9.47 Å². The minimum absolute atomic E-state index is 0.326. The van der Waals surface area contributed by atoms with Crippen molar-refractivity contribution < 1.29 is 14.3 Å². The summed E-state index contributed by atoms with van der Waals surface area (Å²) in [6.07, 6.45) is 0.716. The fourth-order valence-electron chi connectivity index (χ4n) is 0.704. The van der Waals surface area contributed by atoms with E-state index in [-0.39, 0.29) is 0 Å². The lowest BCUT2D eigenvalue weighted by molar-refractivity contribution is 0.111. The quantitative estimate of drug-likeness (QED) is 0.503. The summed E-state index contributed by atoms with van der Waals surface area (Å²) in [6.45, 7) is 4.78. The van der Waals surface area contributed by atoms with Gasteiger partial charge in [0.05, 0.1) is 12.9 Å². The lowest BCUT2D eigenvalue weighted by Gasteiger charge is -2.09. The predicted octanol–water partition coefficient (Wildman–Crippen LogP) is 0.556. The first kappa shape index (κ1) is 7.08. The smallest absolute Gasteiger partial charge is 0.416 e. The van der Waals surface area contributed by atoms with Crippen LogP contribution in [0.15, 0.2) is 12.8 Å². The molecule has 0 unspecified atom stereocenters. The van der Waals surface area contributed by atoms with Crippen LogP contribution in [0.4, 0.5) is 4.79 Å². The number of nitrogens with zero attached hydrogens (tertiary/aromatic N) is 1. The van der Waals surface area contributed by atoms with Gasteiger partial charge in [-0.3, -0.25) is 4.90 Å². The maximum Gasteiger partial charge on any atom is 0.416 e. The number of amides is 1. The van der Waals surface area contributed by atoms with E-state index in [1.807, 2.05) is 0 Å². The molecule has 0 aromatic heterocycles. The molecule has 1 fully saturated rings. The van der Waals surface area contributed by atoms with Crippen LogP contribution in [0.25, 0.3) is 0 Å². The number of carbonyl (C=O) groups excluding carboxylic acids is 1. The Morgan fingerprint density at radius 1 is 1.80 bits per heavy atom. The highest BCUT2D eigenvalue weighted by Crippen LogP contribution is 2.00. The molecule has 4 nitrogen and oxygen atoms in total. The van der Waals surface area contributed by atoms with E-state index in [1.165, 1.54) is 4.90 Å². The van der Waals surface area contributed by atoms with E-state index in [2.05, 4.69) is 11.3 Å². The monoisotopic (exact) mass is 143 g/mol. The van der Waals surface area contributed by atoms with E-state index >= 15 is 0 Å². The van der Waals surface area contributed by atoms with Crippen LogP contribution in [0.3, 0.4) is 0 Å². The summed E-state index contributed by atoms with van der Waals surface area (Å²) < 4.78 is 9.41. The van der Waals surface area contributed by atoms with Gasteiger partial charge in [-0.05, 0) is 0 Å². The molecule has 0 aliphatic carbocycles. The first-order valence-electron chi connectivity index (χ1n) is 2.99. The maximum absolute atomic E-state index is 10.8. The third kappa shape index (κ3) is 1.48. The SMILES string of the molecule is C=COC(=O)N1CCOC1. The standard InChI is InChI=1S/C6H9NO3/c1-2-10-6(8)7-3-4-9-5-7/h2H,1,3-5H2. The first-order chi connectivity index (χ1) is 4.84. The molecule has 0 aromatic carbocycles. The molecule has 1 heterocycles. The van der Waals surface area contributed by atoms with Gasteiger partial charge in [0.1, 0.15) is 6.73 Å². The molecular weight excluding hydrogens is 134 g/mol. The summed E-state index contributed by atoms with van der Waals surface area (Å²) in [6, 6.07) is 0. The van der Waals surface area contributed by atoms with Crippen molar-refractivity contribution in [1.29, 1.82) is 0 Å². The lowest BCUT2D eigenvalue weighted by Crippen LogP contribution is -2.27. The highest BCUT2D eigenvalue weighted by atomic mass is 16.6. The van der Waals surface area contributed by atoms with Gasteiger partial charge in [-0.2, -0.15) is 0 Å². The largest absolute Gasteiger partial charge is 0.419 e. The Morgan fingerprint density at radius 3 is 3.10 bits per heavy atom. The molecule has 0 saturated carbocycles. The van der Waals surface area contributed by atoms with Gasteiger partial charge < -0.3 is 9.47 Å². The molecule has 1 amide bonds. The number of rotatable bonds is 1. The molecule has 1 aliphatic heterocycles. The van der Waals surface area contributed by atoms with Crippen molar-refractivity contribution in [3.05, 3.63) is 12.8 Å². The third-order valence-electron chi connectivity index (χ3n) is 1.20. The average molecular weight is 143 g/mol. The van der Waals surface area contributed by atoms with Crippen molar-refractivity contribution in [2.75, 3.05) is 19.9 Å². The van der Waals surface area contributed by atoms with E-state index < -0.39 is 6.09 Å². The van der Waals surface area contributed by atoms with Crippen molar-refractivity contribution >= 4 is 6.09 Å². The van der Waals surface area contributed by atoms with E-state index in [4.69, 9.17) is 4.74 Å². The molecule has 0 N–H and O–H groups in total. The second kappa shape index (κ2) is 3.22. The van der Waals surface area contributed by atoms with E-state index in [9.17, 15) is 4.79 Å². The zero-order chi connectivity index (χ0) is 7.40. The summed E-state index contributed by atoms with van der Waals surface area (Å²) >= 11 is 0. The highest BCUT2D eigenvalue weighted by Gasteiger charge is 2.18. The summed E-state index contributed by atoms with van der Waals surface area (Å²) in [4.78, 5) is 12.3. The Balaban J connectivity index is 2.32. The van der Waals surface area contributed by atoms with Gasteiger partial charge in [-0.15, -0.1) is 0 Å². The van der Waals surface area contributed by atoms with Crippen LogP contribution in [0.2, 0.25) is 0 Å². The Bertz CT molecular complexity index is 140. The molecule has 0 atom stereocenters. The molecule has 0 spiro atoms. The van der Waals surface area contributed by atoms with Crippen molar-refractivity contribution in [2.24, 2.45) is 0 Å². The van der Waals surface area contributed by atoms with Crippen LogP contribution in [0, 0.1) is 0 Å². The molecule has 1 rings (SSSR count). The molecule has 0 radical (unpaired) electrons. The van der Waals surface area contributed by atoms with E-state index in [0.29, 0.717) is 19.9 Å². The van der Waals surface area contributed by atoms with Crippen molar-refractivity contribution in [3.63, 3.8) is 0 Å². The van der Waals surface area contributed by atoms with Crippen LogP contribution in [0.1, 0.15) is 0 Å². The zero-order valence-corrected chi connectivity index (χ0v) is 5.58. The lowest BCUT2D eigenvalue weighted by atomic mass is 10.7. The molecule has 0 bridgehead atoms.